The third kappa shape index (κ3) is 12.8. The smallest absolute Gasteiger partial charge is 0.185 e. The summed E-state index contributed by atoms with van der Waals surface area (Å²) in [4.78, 5) is 0.783. The van der Waals surface area contributed by atoms with Crippen LogP contribution in [-0.2, 0) is 19.7 Å². The van der Waals surface area contributed by atoms with Gasteiger partial charge in [0.1, 0.15) is 0 Å². The summed E-state index contributed by atoms with van der Waals surface area (Å²) in [5, 5.41) is -1.20. The van der Waals surface area contributed by atoms with Gasteiger partial charge in [-0.05, 0) is 153 Å². The van der Waals surface area contributed by atoms with Gasteiger partial charge < -0.3 is 0 Å². The van der Waals surface area contributed by atoms with E-state index in [0.29, 0.717) is 22.6 Å². The number of sulfone groups is 2. The number of aryl methyl sites for hydroxylation is 2. The highest BCUT2D eigenvalue weighted by molar-refractivity contribution is 7.92. The summed E-state index contributed by atoms with van der Waals surface area (Å²) in [6.07, 6.45) is 27.3. The van der Waals surface area contributed by atoms with Crippen molar-refractivity contribution in [2.24, 2.45) is 10.8 Å². The number of benzene rings is 2. The Morgan fingerprint density at radius 1 is 0.533 bits per heavy atom. The maximum atomic E-state index is 14.3. The van der Waals surface area contributed by atoms with Gasteiger partial charge in [0.2, 0.25) is 0 Å². The molecular weight excluding hydrogens is 777 g/mol. The van der Waals surface area contributed by atoms with Crippen LogP contribution in [0.4, 0.5) is 0 Å². The Morgan fingerprint density at radius 2 is 0.867 bits per heavy atom. The van der Waals surface area contributed by atoms with Crippen LogP contribution < -0.4 is 0 Å². The van der Waals surface area contributed by atoms with E-state index < -0.39 is 30.2 Å². The Kier molecular flexibility index (Phi) is 16.8. The first-order valence-electron chi connectivity index (χ1n) is 21.8. The van der Waals surface area contributed by atoms with Crippen molar-refractivity contribution < 1.29 is 16.8 Å². The van der Waals surface area contributed by atoms with Gasteiger partial charge in [-0.25, -0.2) is 16.8 Å². The third-order valence-corrected chi connectivity index (χ3v) is 16.7. The van der Waals surface area contributed by atoms with Crippen LogP contribution in [0.3, 0.4) is 0 Å². The second-order valence-electron chi connectivity index (χ2n) is 18.9. The largest absolute Gasteiger partial charge is 0.223 e. The predicted octanol–water partition coefficient (Wildman–Crippen LogP) is 14.6. The van der Waals surface area contributed by atoms with Crippen molar-refractivity contribution in [1.29, 1.82) is 0 Å². The third-order valence-electron chi connectivity index (χ3n) is 12.5. The van der Waals surface area contributed by atoms with Crippen molar-refractivity contribution in [2.75, 3.05) is 0 Å². The molecule has 6 heteroatoms. The van der Waals surface area contributed by atoms with E-state index in [-0.39, 0.29) is 10.8 Å². The fourth-order valence-corrected chi connectivity index (χ4v) is 13.5. The normalized spacial score (nSPS) is 19.9. The Labute approximate surface area is 365 Å². The first-order valence-corrected chi connectivity index (χ1v) is 24.9. The molecule has 0 amide bonds. The average Bonchev–Trinajstić information content (AvgIpc) is 3.15. The highest BCUT2D eigenvalue weighted by atomic mass is 32.2. The molecule has 4 nitrogen and oxygen atoms in total. The molecule has 2 aliphatic rings. The van der Waals surface area contributed by atoms with Gasteiger partial charge in [0.25, 0.3) is 0 Å². The minimum Gasteiger partial charge on any atom is -0.223 e. The summed E-state index contributed by atoms with van der Waals surface area (Å²) in [5.41, 5.74) is 10.6. The molecule has 2 unspecified atom stereocenters. The monoisotopic (exact) mass is 848 g/mol. The highest BCUT2D eigenvalue weighted by Crippen LogP contribution is 2.47. The van der Waals surface area contributed by atoms with Gasteiger partial charge in [0.15, 0.2) is 19.7 Å². The highest BCUT2D eigenvalue weighted by Gasteiger charge is 2.42. The minimum absolute atomic E-state index is 0.175. The molecule has 0 radical (unpaired) electrons. The van der Waals surface area contributed by atoms with Crippen LogP contribution >= 0.6 is 0 Å². The molecule has 0 aromatic heterocycles. The van der Waals surface area contributed by atoms with Crippen LogP contribution in [0, 0.1) is 24.7 Å². The molecular formula is C54H72O4S2. The molecule has 0 saturated carbocycles. The Hall–Kier alpha value is -4.00. The Balaban J connectivity index is 1.44. The first kappa shape index (κ1) is 48.7. The molecule has 2 aromatic rings. The lowest BCUT2D eigenvalue weighted by atomic mass is 9.70. The number of hydrogen-bond acceptors (Lipinski definition) is 4. The predicted molar refractivity (Wildman–Crippen MR) is 257 cm³/mol. The Morgan fingerprint density at radius 3 is 1.18 bits per heavy atom. The van der Waals surface area contributed by atoms with Crippen molar-refractivity contribution in [2.45, 2.75) is 155 Å². The zero-order valence-electron chi connectivity index (χ0n) is 38.7. The van der Waals surface area contributed by atoms with E-state index in [1.165, 1.54) is 11.1 Å². The van der Waals surface area contributed by atoms with Gasteiger partial charge in [-0.3, -0.25) is 0 Å². The molecule has 0 bridgehead atoms. The van der Waals surface area contributed by atoms with E-state index in [9.17, 15) is 16.8 Å². The molecule has 0 aliphatic heterocycles. The van der Waals surface area contributed by atoms with Gasteiger partial charge in [-0.1, -0.05) is 157 Å². The average molecular weight is 849 g/mol. The van der Waals surface area contributed by atoms with E-state index in [1.54, 1.807) is 24.3 Å². The molecule has 2 aromatic carbocycles. The molecule has 60 heavy (non-hydrogen) atoms. The molecule has 324 valence electrons. The summed E-state index contributed by atoms with van der Waals surface area (Å²) in [6.45, 7) is 25.2. The van der Waals surface area contributed by atoms with Crippen LogP contribution in [-0.4, -0.2) is 27.3 Å². The zero-order valence-corrected chi connectivity index (χ0v) is 40.3. The zero-order chi connectivity index (χ0) is 44.5. The molecule has 2 atom stereocenters. The lowest BCUT2D eigenvalue weighted by Crippen LogP contribution is -2.34. The van der Waals surface area contributed by atoms with E-state index in [4.69, 9.17) is 0 Å². The van der Waals surface area contributed by atoms with Crippen LogP contribution in [0.25, 0.3) is 0 Å². The molecule has 0 N–H and O–H groups in total. The number of allylic oxidation sites excluding steroid dienone is 16. The summed E-state index contributed by atoms with van der Waals surface area (Å²) in [6, 6.07) is 14.6. The summed E-state index contributed by atoms with van der Waals surface area (Å²) in [7, 11) is -7.20. The topological polar surface area (TPSA) is 68.3 Å². The van der Waals surface area contributed by atoms with E-state index in [1.807, 2.05) is 88.4 Å². The SMILES string of the molecule is CC(=CC=C/C(C)=C/C=C/C=C(\C)C=CC=C(C)CC(C1=C(C)CCCC1(C)C)S(=O)(=O)c1ccc(C)cc1)CC(C1=C(C)CCCC1(C)C)S(=O)(=O)c1ccc(C)cc1. The Bertz CT molecular complexity index is 2180. The van der Waals surface area contributed by atoms with Gasteiger partial charge >= 0.3 is 0 Å². The summed E-state index contributed by atoms with van der Waals surface area (Å²) < 4.78 is 57.0. The maximum Gasteiger partial charge on any atom is 0.185 e. The van der Waals surface area contributed by atoms with E-state index >= 15 is 0 Å². The van der Waals surface area contributed by atoms with Crippen LogP contribution in [0.5, 0.6) is 0 Å². The van der Waals surface area contributed by atoms with Crippen molar-refractivity contribution in [3.05, 3.63) is 165 Å². The van der Waals surface area contributed by atoms with Gasteiger partial charge in [-0.2, -0.15) is 0 Å². The van der Waals surface area contributed by atoms with Crippen molar-refractivity contribution >= 4 is 19.7 Å². The fourth-order valence-electron chi connectivity index (χ4n) is 9.20. The summed E-state index contributed by atoms with van der Waals surface area (Å²) in [5.74, 6) is 0. The standard InChI is InChI=1S/C54H72O4S2/c1-39(21-15-23-43(5)37-49(51-45(7)25-17-35-53(51,9)10)59(55,56)47-31-27-41(3)28-32-47)19-13-14-20-40(2)22-16-24-44(6)38-50(52-46(8)26-18-36-54(52,11)12)60(57,58)48-33-29-42(4)30-34-48/h13-16,19-24,27-34,49-50H,17-18,25-26,35-38H2,1-12H3/b14-13+,21-15?,22-16?,39-19+,40-20+,43-23?,44-24?. The number of hydrogen-bond donors (Lipinski definition) is 0. The lowest BCUT2D eigenvalue weighted by molar-refractivity contribution is 0.353. The second kappa shape index (κ2) is 20.7. The van der Waals surface area contributed by atoms with E-state index in [2.05, 4.69) is 79.7 Å². The quantitative estimate of drug-likeness (QED) is 0.125. The van der Waals surface area contributed by atoms with Crippen LogP contribution in [0.1, 0.15) is 132 Å². The molecule has 0 spiro atoms. The van der Waals surface area contributed by atoms with Crippen molar-refractivity contribution in [1.82, 2.24) is 0 Å². The van der Waals surface area contributed by atoms with Crippen molar-refractivity contribution in [3.63, 3.8) is 0 Å². The second-order valence-corrected chi connectivity index (χ2v) is 23.2. The van der Waals surface area contributed by atoms with Gasteiger partial charge in [-0.15, -0.1) is 0 Å². The number of rotatable bonds is 16. The minimum atomic E-state index is -3.60. The maximum absolute atomic E-state index is 14.3. The van der Waals surface area contributed by atoms with Gasteiger partial charge in [0, 0.05) is 0 Å². The van der Waals surface area contributed by atoms with E-state index in [0.717, 1.165) is 83.1 Å². The molecule has 0 heterocycles. The molecule has 2 aliphatic carbocycles. The molecule has 4 rings (SSSR count). The van der Waals surface area contributed by atoms with Crippen LogP contribution in [0.15, 0.2) is 164 Å². The van der Waals surface area contributed by atoms with Crippen LogP contribution in [0.2, 0.25) is 0 Å². The summed E-state index contributed by atoms with van der Waals surface area (Å²) >= 11 is 0. The fraction of sp³-hybridized carbons (Fsp3) is 0.444. The molecule has 0 saturated heterocycles. The lowest BCUT2D eigenvalue weighted by Gasteiger charge is -2.39. The van der Waals surface area contributed by atoms with Crippen molar-refractivity contribution in [3.8, 4) is 0 Å². The first-order chi connectivity index (χ1) is 28.1. The van der Waals surface area contributed by atoms with Gasteiger partial charge in [0.05, 0.1) is 20.3 Å². The molecule has 0 fully saturated rings.